The van der Waals surface area contributed by atoms with E-state index in [2.05, 4.69) is 16.5 Å². The van der Waals surface area contributed by atoms with Gasteiger partial charge in [-0.15, -0.1) is 0 Å². The Hall–Kier alpha value is -2.07. The maximum atomic E-state index is 11.3. The molecule has 0 aliphatic carbocycles. The molecule has 1 unspecified atom stereocenters. The van der Waals surface area contributed by atoms with Gasteiger partial charge in [0.1, 0.15) is 23.5 Å². The van der Waals surface area contributed by atoms with Gasteiger partial charge in [0.25, 0.3) is 0 Å². The van der Waals surface area contributed by atoms with Crippen LogP contribution >= 0.6 is 0 Å². The number of anilines is 1. The van der Waals surface area contributed by atoms with E-state index in [4.69, 9.17) is 0 Å². The van der Waals surface area contributed by atoms with Crippen LogP contribution in [0, 0.1) is 18.3 Å². The third-order valence-electron chi connectivity index (χ3n) is 3.10. The van der Waals surface area contributed by atoms with Crippen LogP contribution in [0.25, 0.3) is 0 Å². The molecule has 1 fully saturated rings. The van der Waals surface area contributed by atoms with Crippen LogP contribution in [0.1, 0.15) is 11.3 Å². The number of nitrogens with one attached hydrogen (secondary N) is 1. The normalized spacial score (nSPS) is 19.6. The number of piperazine rings is 1. The van der Waals surface area contributed by atoms with Crippen LogP contribution < -0.4 is 10.2 Å². The van der Waals surface area contributed by atoms with Crippen LogP contribution in [0.4, 0.5) is 5.82 Å². The van der Waals surface area contributed by atoms with Crippen molar-refractivity contribution < 1.29 is 9.90 Å². The summed E-state index contributed by atoms with van der Waals surface area (Å²) in [5, 5.41) is 25.6. The highest BCUT2D eigenvalue weighted by molar-refractivity contribution is 5.79. The Labute approximate surface area is 105 Å². The molecule has 0 aromatic carbocycles. The molecule has 1 atom stereocenters. The second kappa shape index (κ2) is 4.66. The highest BCUT2D eigenvalue weighted by atomic mass is 16.4. The van der Waals surface area contributed by atoms with Crippen LogP contribution in [-0.2, 0) is 11.8 Å². The molecule has 7 heteroatoms. The van der Waals surface area contributed by atoms with E-state index in [-0.39, 0.29) is 0 Å². The van der Waals surface area contributed by atoms with Crippen LogP contribution in [0.3, 0.4) is 0 Å². The van der Waals surface area contributed by atoms with Crippen LogP contribution in [0.5, 0.6) is 0 Å². The fraction of sp³-hybridized carbons (Fsp3) is 0.545. The average molecular weight is 249 g/mol. The van der Waals surface area contributed by atoms with E-state index in [0.29, 0.717) is 36.7 Å². The second-order valence-corrected chi connectivity index (χ2v) is 4.27. The number of nitriles is 1. The lowest BCUT2D eigenvalue weighted by Gasteiger charge is -2.35. The molecular formula is C11H15N5O2. The topological polar surface area (TPSA) is 94.2 Å². The van der Waals surface area contributed by atoms with Crippen molar-refractivity contribution in [3.63, 3.8) is 0 Å². The lowest BCUT2D eigenvalue weighted by molar-refractivity contribution is -0.138. The molecule has 18 heavy (non-hydrogen) atoms. The maximum absolute atomic E-state index is 11.3. The Bertz CT molecular complexity index is 516. The first-order chi connectivity index (χ1) is 8.56. The zero-order valence-corrected chi connectivity index (χ0v) is 10.3. The summed E-state index contributed by atoms with van der Waals surface area (Å²) in [6, 6.07) is 1.44. The Morgan fingerprint density at radius 1 is 1.67 bits per heavy atom. The third-order valence-corrected chi connectivity index (χ3v) is 3.10. The first kappa shape index (κ1) is 12.4. The first-order valence-corrected chi connectivity index (χ1v) is 5.70. The van der Waals surface area contributed by atoms with Crippen molar-refractivity contribution in [3.8, 4) is 6.07 Å². The largest absolute Gasteiger partial charge is 0.480 e. The molecule has 2 heterocycles. The monoisotopic (exact) mass is 249 g/mol. The van der Waals surface area contributed by atoms with Gasteiger partial charge >= 0.3 is 5.97 Å². The Morgan fingerprint density at radius 3 is 3.00 bits per heavy atom. The number of aromatic nitrogens is 2. The summed E-state index contributed by atoms with van der Waals surface area (Å²) in [5.41, 5.74) is 1.07. The second-order valence-electron chi connectivity index (χ2n) is 4.27. The fourth-order valence-corrected chi connectivity index (χ4v) is 2.28. The van der Waals surface area contributed by atoms with Crippen molar-refractivity contribution in [2.45, 2.75) is 13.0 Å². The molecule has 0 spiro atoms. The quantitative estimate of drug-likeness (QED) is 0.731. The average Bonchev–Trinajstić information content (AvgIpc) is 2.63. The predicted molar refractivity (Wildman–Crippen MR) is 64.3 cm³/mol. The van der Waals surface area contributed by atoms with E-state index in [0.717, 1.165) is 0 Å². The highest BCUT2D eigenvalue weighted by Crippen LogP contribution is 2.24. The minimum Gasteiger partial charge on any atom is -0.480 e. The first-order valence-electron chi connectivity index (χ1n) is 5.70. The molecule has 0 radical (unpaired) electrons. The zero-order valence-electron chi connectivity index (χ0n) is 10.3. The predicted octanol–water partition coefficient (Wildman–Crippen LogP) is -0.537. The Kier molecular flexibility index (Phi) is 3.21. The van der Waals surface area contributed by atoms with E-state index >= 15 is 0 Å². The summed E-state index contributed by atoms with van der Waals surface area (Å²) in [6.45, 7) is 3.36. The maximum Gasteiger partial charge on any atom is 0.327 e. The van der Waals surface area contributed by atoms with Crippen molar-refractivity contribution in [1.29, 1.82) is 5.26 Å². The summed E-state index contributed by atoms with van der Waals surface area (Å²) in [4.78, 5) is 13.0. The Morgan fingerprint density at radius 2 is 2.39 bits per heavy atom. The number of carboxylic acid groups (broad SMARTS) is 1. The van der Waals surface area contributed by atoms with Gasteiger partial charge in [0.05, 0.1) is 5.69 Å². The van der Waals surface area contributed by atoms with Gasteiger partial charge in [-0.05, 0) is 6.92 Å². The number of nitrogens with zero attached hydrogens (tertiary/aromatic N) is 4. The molecule has 96 valence electrons. The molecule has 1 aromatic heterocycles. The van der Waals surface area contributed by atoms with E-state index in [1.54, 1.807) is 23.6 Å². The van der Waals surface area contributed by atoms with E-state index in [1.807, 2.05) is 0 Å². The van der Waals surface area contributed by atoms with Gasteiger partial charge in [-0.25, -0.2) is 4.79 Å². The van der Waals surface area contributed by atoms with E-state index < -0.39 is 12.0 Å². The lowest BCUT2D eigenvalue weighted by Crippen LogP contribution is -2.55. The number of rotatable bonds is 2. The molecule has 1 aromatic rings. The SMILES string of the molecule is Cc1nn(C)c(N2CCNCC2C(=O)O)c1C#N. The molecule has 2 N–H and O–H groups in total. The van der Waals surface area contributed by atoms with E-state index in [9.17, 15) is 15.2 Å². The van der Waals surface area contributed by atoms with Crippen molar-refractivity contribution in [2.75, 3.05) is 24.5 Å². The van der Waals surface area contributed by atoms with Gasteiger partial charge < -0.3 is 15.3 Å². The van der Waals surface area contributed by atoms with Crippen molar-refractivity contribution in [2.24, 2.45) is 7.05 Å². The molecule has 7 nitrogen and oxygen atoms in total. The van der Waals surface area contributed by atoms with Crippen LogP contribution in [0.2, 0.25) is 0 Å². The highest BCUT2D eigenvalue weighted by Gasteiger charge is 2.32. The zero-order chi connectivity index (χ0) is 13.3. The molecule has 0 saturated carbocycles. The standard InChI is InChI=1S/C11H15N5O2/c1-7-8(5-12)10(15(2)14-7)16-4-3-13-6-9(16)11(17)18/h9,13H,3-4,6H2,1-2H3,(H,17,18). The van der Waals surface area contributed by atoms with Gasteiger partial charge in [0.2, 0.25) is 0 Å². The molecule has 1 saturated heterocycles. The molecule has 1 aliphatic heterocycles. The van der Waals surface area contributed by atoms with Crippen LogP contribution in [-0.4, -0.2) is 46.5 Å². The molecule has 0 bridgehead atoms. The lowest BCUT2D eigenvalue weighted by atomic mass is 10.1. The Balaban J connectivity index is 2.46. The smallest absolute Gasteiger partial charge is 0.327 e. The third kappa shape index (κ3) is 1.91. The van der Waals surface area contributed by atoms with Gasteiger partial charge in [-0.1, -0.05) is 0 Å². The minimum absolute atomic E-state index is 0.366. The summed E-state index contributed by atoms with van der Waals surface area (Å²) < 4.78 is 1.58. The number of aliphatic carboxylic acids is 1. The molecular weight excluding hydrogens is 234 g/mol. The van der Waals surface area contributed by atoms with E-state index in [1.165, 1.54) is 0 Å². The van der Waals surface area contributed by atoms with Gasteiger partial charge in [0, 0.05) is 26.7 Å². The summed E-state index contributed by atoms with van der Waals surface area (Å²) >= 11 is 0. The summed E-state index contributed by atoms with van der Waals surface area (Å²) in [7, 11) is 1.73. The minimum atomic E-state index is -0.898. The number of hydrogen-bond acceptors (Lipinski definition) is 5. The molecule has 1 aliphatic rings. The van der Waals surface area contributed by atoms with Crippen molar-refractivity contribution in [3.05, 3.63) is 11.3 Å². The summed E-state index contributed by atoms with van der Waals surface area (Å²) in [6.07, 6.45) is 0. The van der Waals surface area contributed by atoms with Gasteiger partial charge in [0.15, 0.2) is 0 Å². The number of carbonyl (C=O) groups is 1. The number of carboxylic acids is 1. The van der Waals surface area contributed by atoms with Crippen molar-refractivity contribution in [1.82, 2.24) is 15.1 Å². The summed E-state index contributed by atoms with van der Waals surface area (Å²) in [5.74, 6) is -0.311. The number of aryl methyl sites for hydroxylation is 2. The number of hydrogen-bond donors (Lipinski definition) is 2. The molecule has 0 amide bonds. The van der Waals surface area contributed by atoms with Crippen molar-refractivity contribution >= 4 is 11.8 Å². The molecule has 2 rings (SSSR count). The van der Waals surface area contributed by atoms with Gasteiger partial charge in [-0.3, -0.25) is 4.68 Å². The fourth-order valence-electron chi connectivity index (χ4n) is 2.28. The van der Waals surface area contributed by atoms with Crippen LogP contribution in [0.15, 0.2) is 0 Å². The van der Waals surface area contributed by atoms with Gasteiger partial charge in [-0.2, -0.15) is 10.4 Å².